The molecule has 100 valence electrons. The van der Waals surface area contributed by atoms with Crippen LogP contribution in [0.2, 0.25) is 0 Å². The molecule has 20 heavy (non-hydrogen) atoms. The van der Waals surface area contributed by atoms with Gasteiger partial charge in [-0.05, 0) is 52.4 Å². The highest BCUT2D eigenvalue weighted by molar-refractivity contribution is 9.10. The van der Waals surface area contributed by atoms with E-state index in [2.05, 4.69) is 31.5 Å². The Balaban J connectivity index is 1.74. The lowest BCUT2D eigenvalue weighted by Gasteiger charge is -2.09. The largest absolute Gasteiger partial charge is 0.331 e. The van der Waals surface area contributed by atoms with Gasteiger partial charge < -0.3 is 10.6 Å². The Bertz CT molecular complexity index is 737. The van der Waals surface area contributed by atoms with E-state index in [-0.39, 0.29) is 0 Å². The summed E-state index contributed by atoms with van der Waals surface area (Å²) in [4.78, 5) is 4.48. The highest BCUT2D eigenvalue weighted by Gasteiger charge is 2.06. The van der Waals surface area contributed by atoms with Gasteiger partial charge in [-0.15, -0.1) is 0 Å². The van der Waals surface area contributed by atoms with E-state index in [9.17, 15) is 0 Å². The van der Waals surface area contributed by atoms with Crippen molar-refractivity contribution in [2.24, 2.45) is 0 Å². The molecule has 2 N–H and O–H groups in total. The Kier molecular flexibility index (Phi) is 3.95. The van der Waals surface area contributed by atoms with Gasteiger partial charge in [0, 0.05) is 4.47 Å². The number of rotatable bonds is 2. The third-order valence-corrected chi connectivity index (χ3v) is 4.48. The summed E-state index contributed by atoms with van der Waals surface area (Å²) in [5.74, 6) is 0. The normalized spacial score (nSPS) is 10.4. The minimum absolute atomic E-state index is 0.524. The summed E-state index contributed by atoms with van der Waals surface area (Å²) < 4.78 is 2.10. The molecule has 0 radical (unpaired) electrons. The van der Waals surface area contributed by atoms with Gasteiger partial charge in [0.25, 0.3) is 0 Å². The van der Waals surface area contributed by atoms with Gasteiger partial charge in [0.15, 0.2) is 10.2 Å². The van der Waals surface area contributed by atoms with Crippen LogP contribution in [-0.2, 0) is 0 Å². The van der Waals surface area contributed by atoms with Gasteiger partial charge in [-0.1, -0.05) is 35.6 Å². The zero-order chi connectivity index (χ0) is 13.9. The first-order valence-corrected chi connectivity index (χ1v) is 7.92. The van der Waals surface area contributed by atoms with Crippen molar-refractivity contribution >= 4 is 65.6 Å². The third kappa shape index (κ3) is 2.98. The summed E-state index contributed by atoms with van der Waals surface area (Å²) >= 11 is 10.4. The lowest BCUT2D eigenvalue weighted by molar-refractivity contribution is 1.47. The van der Waals surface area contributed by atoms with E-state index in [1.807, 2.05) is 48.5 Å². The number of anilines is 2. The van der Waals surface area contributed by atoms with E-state index in [1.54, 1.807) is 11.3 Å². The number of hydrogen-bond donors (Lipinski definition) is 2. The van der Waals surface area contributed by atoms with Crippen LogP contribution < -0.4 is 10.6 Å². The Hall–Kier alpha value is -1.50. The predicted molar refractivity (Wildman–Crippen MR) is 93.6 cm³/mol. The number of para-hydroxylation sites is 2. The SMILES string of the molecule is S=C(Nc1nc2ccccc2s1)Nc1ccccc1Br. The Morgan fingerprint density at radius 3 is 2.60 bits per heavy atom. The second-order valence-electron chi connectivity index (χ2n) is 4.05. The van der Waals surface area contributed by atoms with Crippen LogP contribution in [0.5, 0.6) is 0 Å². The molecule has 3 nitrogen and oxygen atoms in total. The highest BCUT2D eigenvalue weighted by atomic mass is 79.9. The second-order valence-corrected chi connectivity index (χ2v) is 6.34. The van der Waals surface area contributed by atoms with Crippen LogP contribution >= 0.6 is 39.5 Å². The van der Waals surface area contributed by atoms with Crippen molar-refractivity contribution in [3.8, 4) is 0 Å². The molecule has 3 rings (SSSR count). The van der Waals surface area contributed by atoms with Crippen LogP contribution in [0.15, 0.2) is 53.0 Å². The zero-order valence-electron chi connectivity index (χ0n) is 10.3. The summed E-state index contributed by atoms with van der Waals surface area (Å²) in [5, 5.41) is 7.57. The average Bonchev–Trinajstić information content (AvgIpc) is 2.83. The molecule has 0 amide bonds. The topological polar surface area (TPSA) is 37.0 Å². The Labute approximate surface area is 134 Å². The van der Waals surface area contributed by atoms with Crippen LogP contribution in [0.1, 0.15) is 0 Å². The molecule has 0 saturated carbocycles. The number of nitrogens with one attached hydrogen (secondary N) is 2. The van der Waals surface area contributed by atoms with E-state index < -0.39 is 0 Å². The molecular weight excluding hydrogens is 354 g/mol. The van der Waals surface area contributed by atoms with E-state index in [1.165, 1.54) is 0 Å². The fourth-order valence-corrected chi connectivity index (χ4v) is 3.26. The molecule has 1 aromatic heterocycles. The Morgan fingerprint density at radius 2 is 1.80 bits per heavy atom. The van der Waals surface area contributed by atoms with Crippen molar-refractivity contribution < 1.29 is 0 Å². The molecule has 6 heteroatoms. The average molecular weight is 364 g/mol. The smallest absolute Gasteiger partial charge is 0.190 e. The number of halogens is 1. The lowest BCUT2D eigenvalue weighted by Crippen LogP contribution is -2.19. The maximum Gasteiger partial charge on any atom is 0.190 e. The minimum Gasteiger partial charge on any atom is -0.331 e. The first kappa shape index (κ1) is 13.5. The van der Waals surface area contributed by atoms with Gasteiger partial charge >= 0.3 is 0 Å². The van der Waals surface area contributed by atoms with Crippen molar-refractivity contribution in [2.75, 3.05) is 10.6 Å². The number of benzene rings is 2. The number of nitrogens with zero attached hydrogens (tertiary/aromatic N) is 1. The van der Waals surface area contributed by atoms with Crippen LogP contribution in [0, 0.1) is 0 Å². The number of thiazole rings is 1. The summed E-state index contributed by atoms with van der Waals surface area (Å²) in [6, 6.07) is 15.8. The fraction of sp³-hybridized carbons (Fsp3) is 0. The van der Waals surface area contributed by atoms with Crippen LogP contribution in [0.4, 0.5) is 10.8 Å². The maximum absolute atomic E-state index is 5.31. The summed E-state index contributed by atoms with van der Waals surface area (Å²) in [6.07, 6.45) is 0. The molecule has 2 aromatic carbocycles. The highest BCUT2D eigenvalue weighted by Crippen LogP contribution is 2.26. The van der Waals surface area contributed by atoms with Crippen LogP contribution in [-0.4, -0.2) is 10.1 Å². The monoisotopic (exact) mass is 363 g/mol. The third-order valence-electron chi connectivity index (χ3n) is 2.64. The van der Waals surface area contributed by atoms with Crippen molar-refractivity contribution in [3.63, 3.8) is 0 Å². The minimum atomic E-state index is 0.524. The molecule has 0 saturated heterocycles. The number of fused-ring (bicyclic) bond motifs is 1. The van der Waals surface area contributed by atoms with Gasteiger partial charge in [0.05, 0.1) is 15.9 Å². The number of hydrogen-bond acceptors (Lipinski definition) is 3. The van der Waals surface area contributed by atoms with E-state index in [0.29, 0.717) is 5.11 Å². The molecule has 0 fully saturated rings. The molecule has 3 aromatic rings. The number of thiocarbonyl (C=S) groups is 1. The van der Waals surface area contributed by atoms with Gasteiger partial charge in [0.2, 0.25) is 0 Å². The van der Waals surface area contributed by atoms with Gasteiger partial charge in [-0.2, -0.15) is 0 Å². The first-order chi connectivity index (χ1) is 9.72. The molecule has 0 spiro atoms. The van der Waals surface area contributed by atoms with Crippen molar-refractivity contribution in [3.05, 3.63) is 53.0 Å². The quantitative estimate of drug-likeness (QED) is 0.637. The van der Waals surface area contributed by atoms with Crippen LogP contribution in [0.3, 0.4) is 0 Å². The predicted octanol–water partition coefficient (Wildman–Crippen LogP) is 4.87. The number of aromatic nitrogens is 1. The van der Waals surface area contributed by atoms with E-state index in [4.69, 9.17) is 12.2 Å². The van der Waals surface area contributed by atoms with Crippen molar-refractivity contribution in [1.82, 2.24) is 4.98 Å². The van der Waals surface area contributed by atoms with E-state index in [0.717, 1.165) is 25.5 Å². The first-order valence-electron chi connectivity index (χ1n) is 5.90. The molecule has 0 aliphatic carbocycles. The van der Waals surface area contributed by atoms with E-state index >= 15 is 0 Å². The molecule has 0 aliphatic heterocycles. The van der Waals surface area contributed by atoms with Gasteiger partial charge in [0.1, 0.15) is 0 Å². The molecule has 0 aliphatic rings. The molecular formula is C14H10BrN3S2. The summed E-state index contributed by atoms with van der Waals surface area (Å²) in [6.45, 7) is 0. The summed E-state index contributed by atoms with van der Waals surface area (Å²) in [5.41, 5.74) is 1.90. The fourth-order valence-electron chi connectivity index (χ4n) is 1.74. The standard InChI is InChI=1S/C14H10BrN3S2/c15-9-5-1-2-6-10(9)16-13(19)18-14-17-11-7-3-4-8-12(11)20-14/h1-8H,(H2,16,17,18,19). The molecule has 0 atom stereocenters. The molecule has 0 bridgehead atoms. The van der Waals surface area contributed by atoms with Crippen molar-refractivity contribution in [2.45, 2.75) is 0 Å². The van der Waals surface area contributed by atoms with Crippen LogP contribution in [0.25, 0.3) is 10.2 Å². The molecule has 1 heterocycles. The van der Waals surface area contributed by atoms with Crippen molar-refractivity contribution in [1.29, 1.82) is 0 Å². The zero-order valence-corrected chi connectivity index (χ0v) is 13.5. The molecule has 0 unspecified atom stereocenters. The Morgan fingerprint density at radius 1 is 1.05 bits per heavy atom. The van der Waals surface area contributed by atoms with Gasteiger partial charge in [-0.25, -0.2) is 4.98 Å². The van der Waals surface area contributed by atoms with Gasteiger partial charge in [-0.3, -0.25) is 0 Å². The summed E-state index contributed by atoms with van der Waals surface area (Å²) in [7, 11) is 0. The lowest BCUT2D eigenvalue weighted by atomic mass is 10.3. The maximum atomic E-state index is 5.31. The second kappa shape index (κ2) is 5.87.